The van der Waals surface area contributed by atoms with E-state index in [2.05, 4.69) is 43.5 Å². The lowest BCUT2D eigenvalue weighted by molar-refractivity contribution is 0.482. The van der Waals surface area contributed by atoms with Gasteiger partial charge in [-0.15, -0.1) is 0 Å². The van der Waals surface area contributed by atoms with E-state index < -0.39 is 26.7 Å². The predicted octanol–water partition coefficient (Wildman–Crippen LogP) is 9.44. The van der Waals surface area contributed by atoms with Gasteiger partial charge in [-0.2, -0.15) is 8.42 Å². The molecule has 3 N–H and O–H groups in total. The van der Waals surface area contributed by atoms with Crippen LogP contribution in [0.25, 0.3) is 0 Å². The third-order valence-corrected chi connectivity index (χ3v) is 11.2. The molecule has 0 bridgehead atoms. The van der Waals surface area contributed by atoms with Crippen LogP contribution in [0.1, 0.15) is 83.7 Å². The summed E-state index contributed by atoms with van der Waals surface area (Å²) in [6.07, 6.45) is 3.08. The summed E-state index contributed by atoms with van der Waals surface area (Å²) in [6, 6.07) is 28.6. The van der Waals surface area contributed by atoms with Gasteiger partial charge in [0, 0.05) is 28.7 Å². The fourth-order valence-corrected chi connectivity index (χ4v) is 8.53. The zero-order valence-electron chi connectivity index (χ0n) is 29.5. The van der Waals surface area contributed by atoms with Gasteiger partial charge in [0.25, 0.3) is 10.1 Å². The molecule has 9 heteroatoms. The summed E-state index contributed by atoms with van der Waals surface area (Å²) in [6.45, 7) is 12.3. The standard InChI is InChI=1S/C41H46N2O5S2/c1-7-28-23-26(5)24-29(8-2)39(28)42-33-19-15-31(16-20-33)38(36-13-11-12-14-37(36)50(46,47)48)32-17-21-34(22-18-32)43-40-30(9-3)25-27(6)41(49(44)45)35(40)10-4/h11-25,38,42-43,49H,7-10H2,1-6H3,(H,46,47,48). The lowest BCUT2D eigenvalue weighted by Crippen LogP contribution is -2.10. The second-order valence-corrected chi connectivity index (χ2v) is 15.0. The molecule has 1 unspecified atom stereocenters. The highest BCUT2D eigenvalue weighted by atomic mass is 32.2. The maximum atomic E-state index is 12.6. The molecule has 0 fully saturated rings. The molecular weight excluding hydrogens is 665 g/mol. The Labute approximate surface area is 298 Å². The van der Waals surface area contributed by atoms with Crippen molar-refractivity contribution in [2.24, 2.45) is 0 Å². The van der Waals surface area contributed by atoms with Crippen LogP contribution >= 0.6 is 0 Å². The van der Waals surface area contributed by atoms with Crippen molar-refractivity contribution >= 4 is 43.6 Å². The summed E-state index contributed by atoms with van der Waals surface area (Å²) >= 11 is 0. The number of hydrogen-bond acceptors (Lipinski definition) is 6. The van der Waals surface area contributed by atoms with Gasteiger partial charge in [-0.3, -0.25) is 4.55 Å². The molecule has 0 heterocycles. The van der Waals surface area contributed by atoms with Crippen LogP contribution in [-0.4, -0.2) is 21.4 Å². The molecule has 0 spiro atoms. The fraction of sp³-hybridized carbons (Fsp3) is 0.268. The molecule has 50 heavy (non-hydrogen) atoms. The predicted molar refractivity (Wildman–Crippen MR) is 205 cm³/mol. The van der Waals surface area contributed by atoms with Crippen molar-refractivity contribution in [1.29, 1.82) is 0 Å². The number of rotatable bonds is 13. The third kappa shape index (κ3) is 7.80. The van der Waals surface area contributed by atoms with E-state index in [9.17, 15) is 21.4 Å². The van der Waals surface area contributed by atoms with Crippen molar-refractivity contribution in [2.45, 2.75) is 82.9 Å². The Balaban J connectivity index is 1.57. The minimum atomic E-state index is -4.52. The maximum Gasteiger partial charge on any atom is 0.294 e. The Morgan fingerprint density at radius 1 is 0.660 bits per heavy atom. The van der Waals surface area contributed by atoms with Crippen molar-refractivity contribution in [3.05, 3.63) is 141 Å². The number of hydrogen-bond donors (Lipinski definition) is 4. The summed E-state index contributed by atoms with van der Waals surface area (Å²) in [5.74, 6) is -0.513. The molecule has 5 aromatic rings. The summed E-state index contributed by atoms with van der Waals surface area (Å²) in [5, 5.41) is 7.12. The first-order valence-electron chi connectivity index (χ1n) is 17.1. The van der Waals surface area contributed by atoms with Crippen LogP contribution in [0.15, 0.2) is 101 Å². The summed E-state index contributed by atoms with van der Waals surface area (Å²) in [4.78, 5) is 0.214. The minimum Gasteiger partial charge on any atom is -0.355 e. The van der Waals surface area contributed by atoms with Gasteiger partial charge in [-0.1, -0.05) is 93.9 Å². The van der Waals surface area contributed by atoms with E-state index in [-0.39, 0.29) is 4.90 Å². The monoisotopic (exact) mass is 710 g/mol. The summed E-state index contributed by atoms with van der Waals surface area (Å²) < 4.78 is 59.9. The van der Waals surface area contributed by atoms with Crippen LogP contribution in [-0.2, 0) is 46.5 Å². The Morgan fingerprint density at radius 2 is 1.14 bits per heavy atom. The second-order valence-electron chi connectivity index (χ2n) is 12.6. The molecule has 262 valence electrons. The molecule has 0 aliphatic rings. The summed E-state index contributed by atoms with van der Waals surface area (Å²) in [7, 11) is -7.28. The van der Waals surface area contributed by atoms with Crippen molar-refractivity contribution in [3.8, 4) is 0 Å². The zero-order valence-corrected chi connectivity index (χ0v) is 31.2. The Hall–Kier alpha value is -4.44. The first-order chi connectivity index (χ1) is 23.9. The van der Waals surface area contributed by atoms with Gasteiger partial charge in [-0.05, 0) is 114 Å². The minimum absolute atomic E-state index is 0.145. The third-order valence-electron chi connectivity index (χ3n) is 9.33. The van der Waals surface area contributed by atoms with Crippen molar-refractivity contribution in [3.63, 3.8) is 0 Å². The number of anilines is 4. The maximum absolute atomic E-state index is 12.6. The van der Waals surface area contributed by atoms with Crippen LogP contribution in [0.3, 0.4) is 0 Å². The number of thiol groups is 1. The van der Waals surface area contributed by atoms with E-state index in [1.165, 1.54) is 22.8 Å². The summed E-state index contributed by atoms with van der Waals surface area (Å²) in [5.41, 5.74) is 12.0. The average molecular weight is 711 g/mol. The van der Waals surface area contributed by atoms with Crippen molar-refractivity contribution in [2.75, 3.05) is 10.6 Å². The molecule has 0 saturated heterocycles. The molecule has 0 amide bonds. The van der Waals surface area contributed by atoms with E-state index in [0.717, 1.165) is 69.8 Å². The molecular formula is C41H46N2O5S2. The average Bonchev–Trinajstić information content (AvgIpc) is 3.10. The normalized spacial score (nSPS) is 12.2. The Morgan fingerprint density at radius 3 is 1.60 bits per heavy atom. The topological polar surface area (TPSA) is 113 Å². The molecule has 1 atom stereocenters. The van der Waals surface area contributed by atoms with Gasteiger partial charge >= 0.3 is 0 Å². The first-order valence-corrected chi connectivity index (χ1v) is 19.7. The lowest BCUT2D eigenvalue weighted by atomic mass is 9.85. The van der Waals surface area contributed by atoms with Gasteiger partial charge in [0.05, 0.1) is 9.79 Å². The molecule has 0 aliphatic heterocycles. The van der Waals surface area contributed by atoms with Crippen LogP contribution < -0.4 is 10.6 Å². The highest BCUT2D eigenvalue weighted by Gasteiger charge is 2.25. The lowest BCUT2D eigenvalue weighted by Gasteiger charge is -2.23. The molecule has 0 aromatic heterocycles. The van der Waals surface area contributed by atoms with E-state index in [1.54, 1.807) is 18.2 Å². The number of nitrogens with one attached hydrogen (secondary N) is 2. The Kier molecular flexibility index (Phi) is 11.5. The first kappa shape index (κ1) is 36.8. The van der Waals surface area contributed by atoms with E-state index >= 15 is 0 Å². The van der Waals surface area contributed by atoms with Crippen molar-refractivity contribution in [1.82, 2.24) is 0 Å². The molecule has 0 aliphatic carbocycles. The van der Waals surface area contributed by atoms with Gasteiger partial charge in [0.15, 0.2) is 10.7 Å². The molecule has 0 radical (unpaired) electrons. The molecule has 7 nitrogen and oxygen atoms in total. The van der Waals surface area contributed by atoms with E-state index in [1.807, 2.05) is 75.4 Å². The van der Waals surface area contributed by atoms with Crippen molar-refractivity contribution < 1.29 is 21.4 Å². The smallest absolute Gasteiger partial charge is 0.294 e. The fourth-order valence-electron chi connectivity index (χ4n) is 6.96. The highest BCUT2D eigenvalue weighted by Crippen LogP contribution is 2.38. The number of aryl methyl sites for hydroxylation is 5. The van der Waals surface area contributed by atoms with Crippen LogP contribution in [0, 0.1) is 13.8 Å². The van der Waals surface area contributed by atoms with Crippen LogP contribution in [0.2, 0.25) is 0 Å². The largest absolute Gasteiger partial charge is 0.355 e. The van der Waals surface area contributed by atoms with E-state index in [0.29, 0.717) is 16.9 Å². The quantitative estimate of drug-likeness (QED) is 0.0547. The van der Waals surface area contributed by atoms with Gasteiger partial charge in [0.1, 0.15) is 0 Å². The molecule has 0 saturated carbocycles. The zero-order chi connectivity index (χ0) is 36.2. The van der Waals surface area contributed by atoms with Gasteiger partial charge in [-0.25, -0.2) is 8.42 Å². The highest BCUT2D eigenvalue weighted by molar-refractivity contribution is 7.85. The molecule has 5 rings (SSSR count). The Bertz CT molecular complexity index is 2160. The SMILES string of the molecule is CCc1cc(C)cc(CC)c1Nc1ccc(C(c2ccc(Nc3c(CC)cc(C)c([SH](=O)=O)c3CC)cc2)c2ccccc2S(=O)(=O)O)cc1. The van der Waals surface area contributed by atoms with E-state index in [4.69, 9.17) is 0 Å². The van der Waals surface area contributed by atoms with Crippen LogP contribution in [0.5, 0.6) is 0 Å². The molecule has 5 aromatic carbocycles. The van der Waals surface area contributed by atoms with Gasteiger partial charge in [0.2, 0.25) is 0 Å². The van der Waals surface area contributed by atoms with Gasteiger partial charge < -0.3 is 10.6 Å². The second kappa shape index (κ2) is 15.6. The number of benzene rings is 5. The van der Waals surface area contributed by atoms with Crippen LogP contribution in [0.4, 0.5) is 22.7 Å².